The van der Waals surface area contributed by atoms with E-state index in [1.807, 2.05) is 0 Å². The molecule has 0 spiro atoms. The average Bonchev–Trinajstić information content (AvgIpc) is 2.69. The Morgan fingerprint density at radius 1 is 1.53 bits per heavy atom. The van der Waals surface area contributed by atoms with Crippen molar-refractivity contribution in [1.29, 1.82) is 0 Å². The van der Waals surface area contributed by atoms with Gasteiger partial charge >= 0.3 is 0 Å². The Morgan fingerprint density at radius 3 is 2.95 bits per heavy atom. The molecule has 0 aromatic carbocycles. The van der Waals surface area contributed by atoms with E-state index >= 15 is 0 Å². The van der Waals surface area contributed by atoms with Gasteiger partial charge in [0.2, 0.25) is 10.0 Å². The molecule has 1 fully saturated rings. The number of amides is 1. The molecule has 6 nitrogen and oxygen atoms in total. The number of nitrogens with one attached hydrogen (secondary N) is 1. The zero-order valence-corrected chi connectivity index (χ0v) is 11.7. The minimum atomic E-state index is -3.11. The Kier molecular flexibility index (Phi) is 4.38. The predicted molar refractivity (Wildman–Crippen MR) is 71.6 cm³/mol. The van der Waals surface area contributed by atoms with Crippen molar-refractivity contribution in [1.82, 2.24) is 14.6 Å². The van der Waals surface area contributed by atoms with Crippen molar-refractivity contribution in [3.05, 3.63) is 29.0 Å². The molecule has 2 rings (SSSR count). The number of halogens is 1. The van der Waals surface area contributed by atoms with E-state index in [2.05, 4.69) is 10.3 Å². The number of carbonyl (C=O) groups excluding carboxylic acids is 1. The zero-order chi connectivity index (χ0) is 13.9. The van der Waals surface area contributed by atoms with E-state index in [4.69, 9.17) is 11.6 Å². The van der Waals surface area contributed by atoms with Gasteiger partial charge in [-0.3, -0.25) is 4.79 Å². The normalized spacial score (nSPS) is 18.4. The third-order valence-electron chi connectivity index (χ3n) is 2.84. The van der Waals surface area contributed by atoms with Crippen LogP contribution >= 0.6 is 11.6 Å². The minimum absolute atomic E-state index is 0.195. The summed E-state index contributed by atoms with van der Waals surface area (Å²) in [6.07, 6.45) is 2.10. The number of hydrogen-bond acceptors (Lipinski definition) is 4. The first-order valence-corrected chi connectivity index (χ1v) is 7.85. The van der Waals surface area contributed by atoms with Crippen molar-refractivity contribution in [3.8, 4) is 0 Å². The number of pyridine rings is 1. The largest absolute Gasteiger partial charge is 0.351 e. The molecule has 1 aromatic rings. The van der Waals surface area contributed by atoms with Crippen LogP contribution in [0.5, 0.6) is 0 Å². The lowest BCUT2D eigenvalue weighted by Crippen LogP contribution is -2.35. The van der Waals surface area contributed by atoms with E-state index in [0.717, 1.165) is 0 Å². The van der Waals surface area contributed by atoms with Crippen molar-refractivity contribution in [3.63, 3.8) is 0 Å². The second kappa shape index (κ2) is 5.85. The SMILES string of the molecule is O=C(NCCN1CCCS1(=O)=O)c1ccnc(Cl)c1. The lowest BCUT2D eigenvalue weighted by Gasteiger charge is -2.14. The zero-order valence-electron chi connectivity index (χ0n) is 10.2. The molecule has 104 valence electrons. The van der Waals surface area contributed by atoms with Crippen LogP contribution in [0.1, 0.15) is 16.8 Å². The van der Waals surface area contributed by atoms with Crippen molar-refractivity contribution >= 4 is 27.5 Å². The second-order valence-corrected chi connectivity index (χ2v) is 6.67. The predicted octanol–water partition coefficient (Wildman–Crippen LogP) is 0.500. The van der Waals surface area contributed by atoms with Crippen molar-refractivity contribution in [2.75, 3.05) is 25.4 Å². The first-order chi connectivity index (χ1) is 8.99. The summed E-state index contributed by atoms with van der Waals surface area (Å²) in [4.78, 5) is 15.5. The van der Waals surface area contributed by atoms with Crippen LogP contribution in [-0.2, 0) is 10.0 Å². The summed E-state index contributed by atoms with van der Waals surface area (Å²) in [6.45, 7) is 1.10. The number of aromatic nitrogens is 1. The van der Waals surface area contributed by atoms with Crippen LogP contribution in [0.15, 0.2) is 18.3 Å². The van der Waals surface area contributed by atoms with Crippen molar-refractivity contribution in [2.24, 2.45) is 0 Å². The smallest absolute Gasteiger partial charge is 0.251 e. The summed E-state index contributed by atoms with van der Waals surface area (Å²) in [5.74, 6) is -0.0955. The van der Waals surface area contributed by atoms with E-state index in [9.17, 15) is 13.2 Å². The fraction of sp³-hybridized carbons (Fsp3) is 0.455. The Morgan fingerprint density at radius 2 is 2.32 bits per heavy atom. The lowest BCUT2D eigenvalue weighted by atomic mass is 10.2. The topological polar surface area (TPSA) is 79.4 Å². The van der Waals surface area contributed by atoms with E-state index in [0.29, 0.717) is 25.1 Å². The third kappa shape index (κ3) is 3.65. The number of nitrogens with zero attached hydrogens (tertiary/aromatic N) is 2. The van der Waals surface area contributed by atoms with Gasteiger partial charge in [-0.25, -0.2) is 17.7 Å². The Balaban J connectivity index is 1.85. The van der Waals surface area contributed by atoms with Crippen LogP contribution in [0.25, 0.3) is 0 Å². The summed E-state index contributed by atoms with van der Waals surface area (Å²) in [5, 5.41) is 2.90. The molecule has 1 aromatic heterocycles. The maximum atomic E-state index is 11.8. The lowest BCUT2D eigenvalue weighted by molar-refractivity contribution is 0.0951. The molecule has 0 radical (unpaired) electrons. The highest BCUT2D eigenvalue weighted by Crippen LogP contribution is 2.12. The van der Waals surface area contributed by atoms with Gasteiger partial charge in [-0.05, 0) is 18.6 Å². The minimum Gasteiger partial charge on any atom is -0.351 e. The second-order valence-electron chi connectivity index (χ2n) is 4.19. The fourth-order valence-corrected chi connectivity index (χ4v) is 3.58. The summed E-state index contributed by atoms with van der Waals surface area (Å²) < 4.78 is 24.5. The van der Waals surface area contributed by atoms with E-state index in [1.54, 1.807) is 6.07 Å². The number of sulfonamides is 1. The van der Waals surface area contributed by atoms with Gasteiger partial charge in [0.15, 0.2) is 0 Å². The van der Waals surface area contributed by atoms with Crippen LogP contribution in [0, 0.1) is 0 Å². The molecular formula is C11H14ClN3O3S. The molecule has 0 saturated carbocycles. The Bertz CT molecular complexity index is 576. The molecule has 8 heteroatoms. The number of carbonyl (C=O) groups is 1. The molecule has 0 aliphatic carbocycles. The standard InChI is InChI=1S/C11H14ClN3O3S/c12-10-8-9(2-3-13-10)11(16)14-4-6-15-5-1-7-19(15,17)18/h2-3,8H,1,4-7H2,(H,14,16). The molecule has 19 heavy (non-hydrogen) atoms. The first-order valence-electron chi connectivity index (χ1n) is 5.86. The molecule has 1 aliphatic rings. The molecule has 0 bridgehead atoms. The van der Waals surface area contributed by atoms with Crippen LogP contribution in [-0.4, -0.2) is 49.0 Å². The summed E-state index contributed by atoms with van der Waals surface area (Å²) in [6, 6.07) is 3.01. The molecule has 1 saturated heterocycles. The summed E-state index contributed by atoms with van der Waals surface area (Å²) >= 11 is 5.69. The van der Waals surface area contributed by atoms with Gasteiger partial charge in [0, 0.05) is 31.4 Å². The van der Waals surface area contributed by atoms with Crippen molar-refractivity contribution < 1.29 is 13.2 Å². The van der Waals surface area contributed by atoms with E-state index < -0.39 is 10.0 Å². The highest BCUT2D eigenvalue weighted by Gasteiger charge is 2.27. The number of hydrogen-bond donors (Lipinski definition) is 1. The molecule has 1 aliphatic heterocycles. The first kappa shape index (κ1) is 14.2. The van der Waals surface area contributed by atoms with E-state index in [1.165, 1.54) is 16.6 Å². The van der Waals surface area contributed by atoms with Crippen LogP contribution in [0.3, 0.4) is 0 Å². The molecular weight excluding hydrogens is 290 g/mol. The highest BCUT2D eigenvalue weighted by molar-refractivity contribution is 7.89. The summed E-state index contributed by atoms with van der Waals surface area (Å²) in [7, 11) is -3.11. The van der Waals surface area contributed by atoms with Crippen LogP contribution in [0.4, 0.5) is 0 Å². The van der Waals surface area contributed by atoms with Crippen LogP contribution < -0.4 is 5.32 Å². The Hall–Kier alpha value is -1.18. The quantitative estimate of drug-likeness (QED) is 0.822. The maximum absolute atomic E-state index is 11.8. The molecule has 2 heterocycles. The monoisotopic (exact) mass is 303 g/mol. The molecule has 1 N–H and O–H groups in total. The third-order valence-corrected chi connectivity index (χ3v) is 5.00. The Labute approximate surface area is 116 Å². The van der Waals surface area contributed by atoms with Crippen LogP contribution in [0.2, 0.25) is 5.15 Å². The summed E-state index contributed by atoms with van der Waals surface area (Å²) in [5.41, 5.74) is 0.407. The molecule has 1 amide bonds. The van der Waals surface area contributed by atoms with Gasteiger partial charge in [-0.2, -0.15) is 0 Å². The average molecular weight is 304 g/mol. The van der Waals surface area contributed by atoms with E-state index in [-0.39, 0.29) is 23.4 Å². The highest BCUT2D eigenvalue weighted by atomic mass is 35.5. The van der Waals surface area contributed by atoms with Gasteiger partial charge in [0.1, 0.15) is 5.15 Å². The fourth-order valence-electron chi connectivity index (χ4n) is 1.88. The molecule has 0 unspecified atom stereocenters. The maximum Gasteiger partial charge on any atom is 0.251 e. The van der Waals surface area contributed by atoms with Gasteiger partial charge in [-0.15, -0.1) is 0 Å². The van der Waals surface area contributed by atoms with Crippen molar-refractivity contribution in [2.45, 2.75) is 6.42 Å². The number of rotatable bonds is 4. The van der Waals surface area contributed by atoms with Gasteiger partial charge < -0.3 is 5.32 Å². The van der Waals surface area contributed by atoms with Gasteiger partial charge in [0.25, 0.3) is 5.91 Å². The molecule has 0 atom stereocenters. The van der Waals surface area contributed by atoms with Gasteiger partial charge in [-0.1, -0.05) is 11.6 Å². The van der Waals surface area contributed by atoms with Gasteiger partial charge in [0.05, 0.1) is 5.75 Å².